The van der Waals surface area contributed by atoms with Gasteiger partial charge in [-0.2, -0.15) is 0 Å². The fraction of sp³-hybridized carbons (Fsp3) is 0.333. The maximum Gasteiger partial charge on any atom is 0.232 e. The molecular formula is C24H28N2O5S. The fourth-order valence-electron chi connectivity index (χ4n) is 3.16. The van der Waals surface area contributed by atoms with Crippen LogP contribution in [0.3, 0.4) is 0 Å². The van der Waals surface area contributed by atoms with E-state index >= 15 is 0 Å². The number of methoxy groups -OCH3 is 2. The summed E-state index contributed by atoms with van der Waals surface area (Å²) >= 11 is 0. The number of oxazole rings is 1. The first kappa shape index (κ1) is 23.5. The monoisotopic (exact) mass is 456 g/mol. The number of nitrogens with zero attached hydrogens (tertiary/aromatic N) is 1. The molecule has 1 heterocycles. The van der Waals surface area contributed by atoms with Crippen molar-refractivity contribution in [2.24, 2.45) is 0 Å². The molecule has 0 aliphatic heterocycles. The number of hydrogen-bond donors (Lipinski definition) is 1. The minimum Gasteiger partial charge on any atom is -0.493 e. The lowest BCUT2D eigenvalue weighted by Gasteiger charge is -2.07. The van der Waals surface area contributed by atoms with E-state index in [-0.39, 0.29) is 17.4 Å². The average molecular weight is 457 g/mol. The summed E-state index contributed by atoms with van der Waals surface area (Å²) in [5, 5.41) is 2.83. The molecule has 0 spiro atoms. The second-order valence-corrected chi connectivity index (χ2v) is 8.86. The molecule has 0 unspecified atom stereocenters. The van der Waals surface area contributed by atoms with Crippen LogP contribution < -0.4 is 14.8 Å². The third kappa shape index (κ3) is 6.20. The summed E-state index contributed by atoms with van der Waals surface area (Å²) in [6.07, 6.45) is 0.732. The number of amides is 1. The zero-order valence-electron chi connectivity index (χ0n) is 18.8. The standard InChI is InChI=1S/C24H28N2O5S/c1-16-5-7-18(8-6-16)11-12-25-23(27)15-32(28)14-20-17(2)31-24(26-20)19-9-10-21(29-3)22(13-19)30-4/h5-10,13H,11-12,14-15H2,1-4H3,(H,25,27)/t32-/m1/s1. The van der Waals surface area contributed by atoms with Gasteiger partial charge in [-0.15, -0.1) is 0 Å². The molecule has 7 nitrogen and oxygen atoms in total. The molecule has 1 amide bonds. The van der Waals surface area contributed by atoms with E-state index in [9.17, 15) is 9.00 Å². The lowest BCUT2D eigenvalue weighted by Crippen LogP contribution is -2.30. The predicted molar refractivity (Wildman–Crippen MR) is 124 cm³/mol. The van der Waals surface area contributed by atoms with Gasteiger partial charge in [-0.05, 0) is 44.0 Å². The molecule has 8 heteroatoms. The average Bonchev–Trinajstić information content (AvgIpc) is 3.14. The zero-order valence-corrected chi connectivity index (χ0v) is 19.6. The fourth-order valence-corrected chi connectivity index (χ4v) is 4.23. The molecule has 0 aliphatic rings. The Bertz CT molecular complexity index is 1090. The number of aromatic nitrogens is 1. The van der Waals surface area contributed by atoms with Gasteiger partial charge in [0.2, 0.25) is 11.8 Å². The van der Waals surface area contributed by atoms with Crippen LogP contribution in [-0.4, -0.2) is 41.6 Å². The first-order chi connectivity index (χ1) is 15.4. The Kier molecular flexibility index (Phi) is 8.05. The highest BCUT2D eigenvalue weighted by Crippen LogP contribution is 2.32. The SMILES string of the molecule is COc1ccc(-c2nc(C[S@@](=O)CC(=O)NCCc3ccc(C)cc3)c(C)o2)cc1OC. The van der Waals surface area contributed by atoms with E-state index in [0.29, 0.717) is 35.4 Å². The van der Waals surface area contributed by atoms with Crippen molar-refractivity contribution in [3.05, 3.63) is 65.0 Å². The van der Waals surface area contributed by atoms with E-state index < -0.39 is 10.8 Å². The molecule has 0 saturated heterocycles. The molecule has 0 fully saturated rings. The van der Waals surface area contributed by atoms with Crippen LogP contribution in [0.5, 0.6) is 11.5 Å². The van der Waals surface area contributed by atoms with Crippen molar-refractivity contribution in [1.82, 2.24) is 10.3 Å². The van der Waals surface area contributed by atoms with Crippen molar-refractivity contribution in [1.29, 1.82) is 0 Å². The molecule has 2 aromatic carbocycles. The lowest BCUT2D eigenvalue weighted by molar-refractivity contribution is -0.118. The van der Waals surface area contributed by atoms with Crippen LogP contribution >= 0.6 is 0 Å². The van der Waals surface area contributed by atoms with Gasteiger partial charge in [-0.25, -0.2) is 4.98 Å². The molecule has 1 aromatic heterocycles. The van der Waals surface area contributed by atoms with E-state index in [1.54, 1.807) is 33.3 Å². The van der Waals surface area contributed by atoms with Gasteiger partial charge in [-0.3, -0.25) is 9.00 Å². The molecule has 1 N–H and O–H groups in total. The molecule has 0 bridgehead atoms. The largest absolute Gasteiger partial charge is 0.493 e. The first-order valence-corrected chi connectivity index (χ1v) is 11.7. The quantitative estimate of drug-likeness (QED) is 0.501. The van der Waals surface area contributed by atoms with Crippen LogP contribution in [0, 0.1) is 13.8 Å². The maximum atomic E-state index is 12.5. The van der Waals surface area contributed by atoms with E-state index in [1.165, 1.54) is 5.56 Å². The highest BCUT2D eigenvalue weighted by atomic mass is 32.2. The maximum absolute atomic E-state index is 12.5. The van der Waals surface area contributed by atoms with Crippen LogP contribution in [0.4, 0.5) is 0 Å². The normalized spacial score (nSPS) is 11.8. The van der Waals surface area contributed by atoms with Crippen LogP contribution in [0.2, 0.25) is 0 Å². The van der Waals surface area contributed by atoms with Crippen molar-refractivity contribution in [3.63, 3.8) is 0 Å². The first-order valence-electron chi connectivity index (χ1n) is 10.3. The molecule has 3 aromatic rings. The third-order valence-electron chi connectivity index (χ3n) is 4.97. The summed E-state index contributed by atoms with van der Waals surface area (Å²) in [5.74, 6) is 1.97. The van der Waals surface area contributed by atoms with Crippen LogP contribution in [-0.2, 0) is 27.8 Å². The third-order valence-corrected chi connectivity index (χ3v) is 6.15. The number of nitrogens with one attached hydrogen (secondary N) is 1. The van der Waals surface area contributed by atoms with Crippen molar-refractivity contribution < 1.29 is 22.9 Å². The molecular weight excluding hydrogens is 428 g/mol. The van der Waals surface area contributed by atoms with E-state index in [4.69, 9.17) is 13.9 Å². The highest BCUT2D eigenvalue weighted by molar-refractivity contribution is 7.84. The Hall–Kier alpha value is -3.13. The summed E-state index contributed by atoms with van der Waals surface area (Å²) in [5.41, 5.74) is 3.64. The topological polar surface area (TPSA) is 90.7 Å². The number of hydrogen-bond acceptors (Lipinski definition) is 6. The van der Waals surface area contributed by atoms with Crippen LogP contribution in [0.1, 0.15) is 22.6 Å². The van der Waals surface area contributed by atoms with Gasteiger partial charge >= 0.3 is 0 Å². The number of benzene rings is 2. The molecule has 3 rings (SSSR count). The van der Waals surface area contributed by atoms with Crippen LogP contribution in [0.25, 0.3) is 11.5 Å². The molecule has 0 radical (unpaired) electrons. The van der Waals surface area contributed by atoms with Gasteiger partial charge in [0, 0.05) is 22.9 Å². The second kappa shape index (κ2) is 10.9. The summed E-state index contributed by atoms with van der Waals surface area (Å²) in [4.78, 5) is 16.6. The lowest BCUT2D eigenvalue weighted by atomic mass is 10.1. The molecule has 1 atom stereocenters. The van der Waals surface area contributed by atoms with Crippen molar-refractivity contribution in [3.8, 4) is 23.0 Å². The summed E-state index contributed by atoms with van der Waals surface area (Å²) in [7, 11) is 1.73. The van der Waals surface area contributed by atoms with Crippen molar-refractivity contribution in [2.45, 2.75) is 26.0 Å². The Morgan fingerprint density at radius 1 is 1.06 bits per heavy atom. The minimum absolute atomic E-state index is 0.0775. The van der Waals surface area contributed by atoms with Gasteiger partial charge in [0.05, 0.1) is 25.7 Å². The number of carbonyl (C=O) groups excluding carboxylic acids is 1. The number of ether oxygens (including phenoxy) is 2. The van der Waals surface area contributed by atoms with Crippen molar-refractivity contribution >= 4 is 16.7 Å². The number of carbonyl (C=O) groups is 1. The Morgan fingerprint density at radius 2 is 1.78 bits per heavy atom. The van der Waals surface area contributed by atoms with E-state index in [1.807, 2.05) is 37.3 Å². The smallest absolute Gasteiger partial charge is 0.232 e. The number of rotatable bonds is 10. The van der Waals surface area contributed by atoms with Crippen molar-refractivity contribution in [2.75, 3.05) is 26.5 Å². The summed E-state index contributed by atoms with van der Waals surface area (Å²) in [6, 6.07) is 13.5. The van der Waals surface area contributed by atoms with Gasteiger partial charge in [-0.1, -0.05) is 29.8 Å². The zero-order chi connectivity index (χ0) is 23.1. The molecule has 0 aliphatic carbocycles. The Morgan fingerprint density at radius 3 is 2.47 bits per heavy atom. The summed E-state index contributed by atoms with van der Waals surface area (Å²) in [6.45, 7) is 4.31. The Labute approximate surface area is 190 Å². The predicted octanol–water partition coefficient (Wildman–Crippen LogP) is 3.58. The van der Waals surface area contributed by atoms with Gasteiger partial charge in [0.25, 0.3) is 0 Å². The molecule has 170 valence electrons. The second-order valence-electron chi connectivity index (χ2n) is 7.41. The van der Waals surface area contributed by atoms with Gasteiger partial charge < -0.3 is 19.2 Å². The highest BCUT2D eigenvalue weighted by Gasteiger charge is 2.17. The van der Waals surface area contributed by atoms with E-state index in [0.717, 1.165) is 17.5 Å². The van der Waals surface area contributed by atoms with E-state index in [2.05, 4.69) is 10.3 Å². The van der Waals surface area contributed by atoms with Crippen LogP contribution in [0.15, 0.2) is 46.9 Å². The Balaban J connectivity index is 1.54. The van der Waals surface area contributed by atoms with Gasteiger partial charge in [0.15, 0.2) is 11.5 Å². The van der Waals surface area contributed by atoms with Gasteiger partial charge in [0.1, 0.15) is 11.5 Å². The molecule has 0 saturated carbocycles. The minimum atomic E-state index is -1.40. The molecule has 32 heavy (non-hydrogen) atoms. The number of aryl methyl sites for hydroxylation is 2. The summed E-state index contributed by atoms with van der Waals surface area (Å²) < 4.78 is 28.8.